The SMILES string of the molecule is CC(C)C[C@@H](C(=O)O)N(C)Cc1cccc(Cl)c1. The first-order valence-electron chi connectivity index (χ1n) is 6.07. The molecule has 1 aromatic carbocycles. The zero-order chi connectivity index (χ0) is 13.7. The first kappa shape index (κ1) is 15.0. The van der Waals surface area contributed by atoms with Gasteiger partial charge in [-0.1, -0.05) is 37.6 Å². The maximum atomic E-state index is 11.3. The van der Waals surface area contributed by atoms with E-state index in [0.29, 0.717) is 23.9 Å². The van der Waals surface area contributed by atoms with Gasteiger partial charge in [-0.25, -0.2) is 0 Å². The van der Waals surface area contributed by atoms with Gasteiger partial charge in [0, 0.05) is 11.6 Å². The molecule has 0 bridgehead atoms. The average molecular weight is 270 g/mol. The van der Waals surface area contributed by atoms with E-state index in [1.807, 2.05) is 50.1 Å². The third-order valence-corrected chi connectivity index (χ3v) is 3.07. The van der Waals surface area contributed by atoms with Crippen LogP contribution in [0.15, 0.2) is 24.3 Å². The van der Waals surface area contributed by atoms with Crippen LogP contribution >= 0.6 is 11.6 Å². The van der Waals surface area contributed by atoms with Crippen molar-refractivity contribution in [1.82, 2.24) is 4.90 Å². The highest BCUT2D eigenvalue weighted by molar-refractivity contribution is 6.30. The second-order valence-corrected chi connectivity index (χ2v) is 5.47. The Labute approximate surface area is 113 Å². The molecule has 0 aromatic heterocycles. The van der Waals surface area contributed by atoms with E-state index in [1.54, 1.807) is 0 Å². The van der Waals surface area contributed by atoms with E-state index in [-0.39, 0.29) is 0 Å². The smallest absolute Gasteiger partial charge is 0.320 e. The molecule has 0 heterocycles. The molecular formula is C14H20ClNO2. The molecule has 1 rings (SSSR count). The fraction of sp³-hybridized carbons (Fsp3) is 0.500. The zero-order valence-electron chi connectivity index (χ0n) is 11.1. The Morgan fingerprint density at radius 3 is 2.61 bits per heavy atom. The Kier molecular flexibility index (Phi) is 5.63. The minimum absolute atomic E-state index is 0.355. The number of rotatable bonds is 6. The highest BCUT2D eigenvalue weighted by Crippen LogP contribution is 2.16. The van der Waals surface area contributed by atoms with E-state index in [2.05, 4.69) is 0 Å². The summed E-state index contributed by atoms with van der Waals surface area (Å²) < 4.78 is 0. The topological polar surface area (TPSA) is 40.5 Å². The molecule has 0 spiro atoms. The lowest BCUT2D eigenvalue weighted by atomic mass is 10.0. The van der Waals surface area contributed by atoms with Gasteiger partial charge in [-0.3, -0.25) is 9.69 Å². The fourth-order valence-electron chi connectivity index (χ4n) is 1.95. The molecule has 0 amide bonds. The predicted molar refractivity (Wildman–Crippen MR) is 73.8 cm³/mol. The number of aliphatic carboxylic acids is 1. The summed E-state index contributed by atoms with van der Waals surface area (Å²) in [6, 6.07) is 7.06. The molecule has 0 unspecified atom stereocenters. The summed E-state index contributed by atoms with van der Waals surface area (Å²) in [7, 11) is 1.84. The van der Waals surface area contributed by atoms with Crippen molar-refractivity contribution < 1.29 is 9.90 Å². The van der Waals surface area contributed by atoms with Crippen LogP contribution in [0.4, 0.5) is 0 Å². The van der Waals surface area contributed by atoms with Crippen LogP contribution in [-0.4, -0.2) is 29.1 Å². The summed E-state index contributed by atoms with van der Waals surface area (Å²) >= 11 is 5.92. The lowest BCUT2D eigenvalue weighted by Gasteiger charge is -2.26. The first-order chi connectivity index (χ1) is 8.40. The van der Waals surface area contributed by atoms with Gasteiger partial charge in [0.25, 0.3) is 0 Å². The van der Waals surface area contributed by atoms with Crippen molar-refractivity contribution in [3.05, 3.63) is 34.9 Å². The highest BCUT2D eigenvalue weighted by Gasteiger charge is 2.23. The molecule has 0 aliphatic heterocycles. The van der Waals surface area contributed by atoms with E-state index in [1.165, 1.54) is 0 Å². The molecule has 4 heteroatoms. The summed E-state index contributed by atoms with van der Waals surface area (Å²) in [4.78, 5) is 13.1. The highest BCUT2D eigenvalue weighted by atomic mass is 35.5. The number of halogens is 1. The Balaban J connectivity index is 2.72. The Bertz CT molecular complexity index is 407. The molecule has 1 aromatic rings. The molecule has 1 N–H and O–H groups in total. The summed E-state index contributed by atoms with van der Waals surface area (Å²) in [5, 5.41) is 9.93. The maximum absolute atomic E-state index is 11.3. The number of carbonyl (C=O) groups is 1. The molecule has 0 fully saturated rings. The molecule has 0 saturated carbocycles. The van der Waals surface area contributed by atoms with Gasteiger partial charge in [-0.05, 0) is 37.1 Å². The van der Waals surface area contributed by atoms with Crippen molar-refractivity contribution >= 4 is 17.6 Å². The van der Waals surface area contributed by atoms with E-state index in [4.69, 9.17) is 11.6 Å². The maximum Gasteiger partial charge on any atom is 0.320 e. The molecule has 100 valence electrons. The van der Waals surface area contributed by atoms with Crippen LogP contribution in [0.3, 0.4) is 0 Å². The molecule has 0 aliphatic rings. The number of likely N-dealkylation sites (N-methyl/N-ethyl adjacent to an activating group) is 1. The van der Waals surface area contributed by atoms with Gasteiger partial charge in [-0.2, -0.15) is 0 Å². The lowest BCUT2D eigenvalue weighted by Crippen LogP contribution is -2.39. The number of carboxylic acids is 1. The van der Waals surface area contributed by atoms with Crippen LogP contribution in [0.25, 0.3) is 0 Å². The number of carboxylic acid groups (broad SMARTS) is 1. The van der Waals surface area contributed by atoms with Crippen LogP contribution in [-0.2, 0) is 11.3 Å². The lowest BCUT2D eigenvalue weighted by molar-refractivity contribution is -0.143. The third-order valence-electron chi connectivity index (χ3n) is 2.83. The number of benzene rings is 1. The van der Waals surface area contributed by atoms with Crippen molar-refractivity contribution in [3.63, 3.8) is 0 Å². The summed E-state index contributed by atoms with van der Waals surface area (Å²) in [5.74, 6) is -0.416. The standard InChI is InChI=1S/C14H20ClNO2/c1-10(2)7-13(14(17)18)16(3)9-11-5-4-6-12(15)8-11/h4-6,8,10,13H,7,9H2,1-3H3,(H,17,18)/t13-/m0/s1. The van der Waals surface area contributed by atoms with Gasteiger partial charge in [0.05, 0.1) is 0 Å². The van der Waals surface area contributed by atoms with Crippen molar-refractivity contribution in [1.29, 1.82) is 0 Å². The predicted octanol–water partition coefficient (Wildman–Crippen LogP) is 3.27. The van der Waals surface area contributed by atoms with Gasteiger partial charge in [0.2, 0.25) is 0 Å². The molecule has 3 nitrogen and oxygen atoms in total. The molecule has 18 heavy (non-hydrogen) atoms. The van der Waals surface area contributed by atoms with Crippen molar-refractivity contribution in [3.8, 4) is 0 Å². The third kappa shape index (κ3) is 4.67. The van der Waals surface area contributed by atoms with E-state index < -0.39 is 12.0 Å². The van der Waals surface area contributed by atoms with Gasteiger partial charge < -0.3 is 5.11 Å². The first-order valence-corrected chi connectivity index (χ1v) is 6.45. The van der Waals surface area contributed by atoms with Crippen LogP contribution in [0.5, 0.6) is 0 Å². The van der Waals surface area contributed by atoms with Crippen LogP contribution in [0.1, 0.15) is 25.8 Å². The number of nitrogens with zero attached hydrogens (tertiary/aromatic N) is 1. The Morgan fingerprint density at radius 2 is 2.11 bits per heavy atom. The second kappa shape index (κ2) is 6.76. The average Bonchev–Trinajstić information content (AvgIpc) is 2.25. The zero-order valence-corrected chi connectivity index (χ0v) is 11.8. The minimum Gasteiger partial charge on any atom is -0.480 e. The van der Waals surface area contributed by atoms with E-state index in [9.17, 15) is 9.90 Å². The van der Waals surface area contributed by atoms with Crippen molar-refractivity contribution in [2.24, 2.45) is 5.92 Å². The van der Waals surface area contributed by atoms with Gasteiger partial charge >= 0.3 is 5.97 Å². The minimum atomic E-state index is -0.770. The summed E-state index contributed by atoms with van der Waals surface area (Å²) in [6.45, 7) is 4.65. The summed E-state index contributed by atoms with van der Waals surface area (Å²) in [5.41, 5.74) is 1.03. The van der Waals surface area contributed by atoms with Gasteiger partial charge in [-0.15, -0.1) is 0 Å². The Hall–Kier alpha value is -1.06. The number of hydrogen-bond acceptors (Lipinski definition) is 2. The van der Waals surface area contributed by atoms with Crippen LogP contribution < -0.4 is 0 Å². The molecule has 1 atom stereocenters. The van der Waals surface area contributed by atoms with E-state index >= 15 is 0 Å². The molecule has 0 saturated heterocycles. The molecular weight excluding hydrogens is 250 g/mol. The molecule has 0 radical (unpaired) electrons. The van der Waals surface area contributed by atoms with Gasteiger partial charge in [0.1, 0.15) is 6.04 Å². The largest absolute Gasteiger partial charge is 0.480 e. The second-order valence-electron chi connectivity index (χ2n) is 5.03. The number of hydrogen-bond donors (Lipinski definition) is 1. The molecule has 0 aliphatic carbocycles. The van der Waals surface area contributed by atoms with Crippen LogP contribution in [0.2, 0.25) is 5.02 Å². The monoisotopic (exact) mass is 269 g/mol. The van der Waals surface area contributed by atoms with Gasteiger partial charge in [0.15, 0.2) is 0 Å². The van der Waals surface area contributed by atoms with Crippen LogP contribution in [0, 0.1) is 5.92 Å². The summed E-state index contributed by atoms with van der Waals surface area (Å²) in [6.07, 6.45) is 0.645. The quantitative estimate of drug-likeness (QED) is 0.862. The Morgan fingerprint density at radius 1 is 1.44 bits per heavy atom. The van der Waals surface area contributed by atoms with Crippen molar-refractivity contribution in [2.75, 3.05) is 7.05 Å². The normalized spacial score (nSPS) is 13.0. The fourth-order valence-corrected chi connectivity index (χ4v) is 2.16. The van der Waals surface area contributed by atoms with Crippen molar-refractivity contribution in [2.45, 2.75) is 32.9 Å². The van der Waals surface area contributed by atoms with E-state index in [0.717, 1.165) is 5.56 Å².